The lowest BCUT2D eigenvalue weighted by atomic mass is 9.82. The summed E-state index contributed by atoms with van der Waals surface area (Å²) in [5, 5.41) is 14.6. The van der Waals surface area contributed by atoms with Crippen LogP contribution in [0.2, 0.25) is 0 Å². The molecule has 0 aromatic heterocycles. The van der Waals surface area contributed by atoms with Gasteiger partial charge >= 0.3 is 12.0 Å². The van der Waals surface area contributed by atoms with Gasteiger partial charge in [0.1, 0.15) is 5.54 Å². The van der Waals surface area contributed by atoms with Gasteiger partial charge in [0, 0.05) is 6.04 Å². The number of carboxylic acid groups (broad SMARTS) is 1. The Morgan fingerprint density at radius 2 is 1.88 bits per heavy atom. The molecular formula is C12H20N2O3. The standard InChI is InChI=1S/C12H20N2O3/c1-7-5-9(6-7)13-11(17)14-12(2,10(15)16)8-3-4-8/h7-9H,3-6H2,1-2H3,(H,15,16)(H2,13,14,17). The number of nitrogens with one attached hydrogen (secondary N) is 2. The highest BCUT2D eigenvalue weighted by Gasteiger charge is 2.48. The van der Waals surface area contributed by atoms with Gasteiger partial charge in [-0.25, -0.2) is 9.59 Å². The maximum absolute atomic E-state index is 11.7. The molecule has 0 bridgehead atoms. The lowest BCUT2D eigenvalue weighted by molar-refractivity contribution is -0.144. The first kappa shape index (κ1) is 12.2. The largest absolute Gasteiger partial charge is 0.480 e. The Morgan fingerprint density at radius 3 is 2.29 bits per heavy atom. The van der Waals surface area contributed by atoms with Crippen LogP contribution < -0.4 is 10.6 Å². The maximum Gasteiger partial charge on any atom is 0.329 e. The van der Waals surface area contributed by atoms with Crippen LogP contribution in [0.3, 0.4) is 0 Å². The topological polar surface area (TPSA) is 78.4 Å². The van der Waals surface area contributed by atoms with E-state index in [1.54, 1.807) is 6.92 Å². The smallest absolute Gasteiger partial charge is 0.329 e. The molecule has 5 nitrogen and oxygen atoms in total. The second-order valence-corrected chi connectivity index (χ2v) is 5.65. The molecule has 2 aliphatic rings. The van der Waals surface area contributed by atoms with Gasteiger partial charge in [-0.3, -0.25) is 0 Å². The monoisotopic (exact) mass is 240 g/mol. The van der Waals surface area contributed by atoms with Gasteiger partial charge in [-0.05, 0) is 44.4 Å². The zero-order valence-corrected chi connectivity index (χ0v) is 10.3. The van der Waals surface area contributed by atoms with Crippen molar-refractivity contribution in [2.24, 2.45) is 11.8 Å². The van der Waals surface area contributed by atoms with E-state index in [9.17, 15) is 14.7 Å². The SMILES string of the molecule is CC1CC(NC(=O)NC(C)(C(=O)O)C2CC2)C1. The molecule has 0 aromatic rings. The summed E-state index contributed by atoms with van der Waals surface area (Å²) in [5.74, 6) is -0.210. The highest BCUT2D eigenvalue weighted by Crippen LogP contribution is 2.39. The average molecular weight is 240 g/mol. The molecule has 3 N–H and O–H groups in total. The summed E-state index contributed by atoms with van der Waals surface area (Å²) in [7, 11) is 0. The molecule has 2 fully saturated rings. The Bertz CT molecular complexity index is 335. The van der Waals surface area contributed by atoms with Gasteiger partial charge in [0.15, 0.2) is 0 Å². The molecule has 1 unspecified atom stereocenters. The molecule has 17 heavy (non-hydrogen) atoms. The summed E-state index contributed by atoms with van der Waals surface area (Å²) in [5.41, 5.74) is -1.11. The first-order chi connectivity index (χ1) is 7.91. The normalized spacial score (nSPS) is 30.9. The predicted molar refractivity (Wildman–Crippen MR) is 62.6 cm³/mol. The Morgan fingerprint density at radius 1 is 1.29 bits per heavy atom. The maximum atomic E-state index is 11.7. The number of carbonyl (C=O) groups is 2. The molecular weight excluding hydrogens is 220 g/mol. The number of carbonyl (C=O) groups excluding carboxylic acids is 1. The van der Waals surface area contributed by atoms with Gasteiger partial charge in [-0.15, -0.1) is 0 Å². The van der Waals surface area contributed by atoms with Crippen molar-refractivity contribution in [3.05, 3.63) is 0 Å². The third kappa shape index (κ3) is 2.53. The molecule has 0 aliphatic heterocycles. The highest BCUT2D eigenvalue weighted by atomic mass is 16.4. The molecule has 0 aromatic carbocycles. The minimum atomic E-state index is -1.11. The van der Waals surface area contributed by atoms with Crippen LogP contribution in [0.5, 0.6) is 0 Å². The van der Waals surface area contributed by atoms with Crippen LogP contribution in [0, 0.1) is 11.8 Å². The number of amides is 2. The van der Waals surface area contributed by atoms with Gasteiger partial charge < -0.3 is 15.7 Å². The molecule has 2 aliphatic carbocycles. The molecule has 2 saturated carbocycles. The van der Waals surface area contributed by atoms with Gasteiger partial charge in [-0.1, -0.05) is 6.92 Å². The lowest BCUT2D eigenvalue weighted by Gasteiger charge is -2.35. The van der Waals surface area contributed by atoms with E-state index in [0.717, 1.165) is 25.7 Å². The number of hydrogen-bond donors (Lipinski definition) is 3. The fourth-order valence-corrected chi connectivity index (χ4v) is 2.47. The zero-order valence-electron chi connectivity index (χ0n) is 10.3. The third-order valence-corrected chi connectivity index (χ3v) is 3.92. The number of rotatable bonds is 4. The first-order valence-corrected chi connectivity index (χ1v) is 6.24. The van der Waals surface area contributed by atoms with E-state index in [1.807, 2.05) is 0 Å². The van der Waals surface area contributed by atoms with Crippen molar-refractivity contribution in [2.75, 3.05) is 0 Å². The number of carboxylic acids is 1. The van der Waals surface area contributed by atoms with Gasteiger partial charge in [0.05, 0.1) is 0 Å². The summed E-state index contributed by atoms with van der Waals surface area (Å²) in [6.07, 6.45) is 3.73. The van der Waals surface area contributed by atoms with Gasteiger partial charge in [-0.2, -0.15) is 0 Å². The molecule has 5 heteroatoms. The van der Waals surface area contributed by atoms with Crippen molar-refractivity contribution in [1.82, 2.24) is 10.6 Å². The van der Waals surface area contributed by atoms with E-state index in [1.165, 1.54) is 0 Å². The molecule has 0 spiro atoms. The van der Waals surface area contributed by atoms with Crippen LogP contribution in [-0.4, -0.2) is 28.7 Å². The van der Waals surface area contributed by atoms with Gasteiger partial charge in [0.25, 0.3) is 0 Å². The summed E-state index contributed by atoms with van der Waals surface area (Å²) in [4.78, 5) is 22.9. The summed E-state index contributed by atoms with van der Waals surface area (Å²) < 4.78 is 0. The van der Waals surface area contributed by atoms with Crippen LogP contribution in [0.4, 0.5) is 4.79 Å². The van der Waals surface area contributed by atoms with Crippen molar-refractivity contribution in [3.63, 3.8) is 0 Å². The molecule has 0 heterocycles. The fourth-order valence-electron chi connectivity index (χ4n) is 2.47. The molecule has 2 rings (SSSR count). The van der Waals surface area contributed by atoms with Crippen molar-refractivity contribution in [1.29, 1.82) is 0 Å². The summed E-state index contributed by atoms with van der Waals surface area (Å²) >= 11 is 0. The second kappa shape index (κ2) is 4.20. The van der Waals surface area contributed by atoms with E-state index < -0.39 is 11.5 Å². The van der Waals surface area contributed by atoms with E-state index >= 15 is 0 Å². The highest BCUT2D eigenvalue weighted by molar-refractivity contribution is 5.86. The van der Waals surface area contributed by atoms with Crippen LogP contribution in [0.1, 0.15) is 39.5 Å². The van der Waals surface area contributed by atoms with Crippen molar-refractivity contribution in [3.8, 4) is 0 Å². The van der Waals surface area contributed by atoms with Gasteiger partial charge in [0.2, 0.25) is 0 Å². The van der Waals surface area contributed by atoms with Crippen LogP contribution in [0.15, 0.2) is 0 Å². The van der Waals surface area contributed by atoms with Crippen molar-refractivity contribution in [2.45, 2.75) is 51.1 Å². The van der Waals surface area contributed by atoms with E-state index in [-0.39, 0.29) is 18.0 Å². The van der Waals surface area contributed by atoms with Crippen LogP contribution in [-0.2, 0) is 4.79 Å². The molecule has 0 saturated heterocycles. The van der Waals surface area contributed by atoms with Crippen molar-refractivity contribution >= 4 is 12.0 Å². The van der Waals surface area contributed by atoms with E-state index in [4.69, 9.17) is 0 Å². The minimum absolute atomic E-state index is 0.0751. The first-order valence-electron chi connectivity index (χ1n) is 6.24. The molecule has 96 valence electrons. The van der Waals surface area contributed by atoms with Crippen LogP contribution >= 0.6 is 0 Å². The fraction of sp³-hybridized carbons (Fsp3) is 0.833. The minimum Gasteiger partial charge on any atom is -0.480 e. The quantitative estimate of drug-likeness (QED) is 0.693. The number of aliphatic carboxylic acids is 1. The lowest BCUT2D eigenvalue weighted by Crippen LogP contribution is -2.59. The zero-order chi connectivity index (χ0) is 12.6. The molecule has 2 amide bonds. The number of urea groups is 1. The van der Waals surface area contributed by atoms with Crippen molar-refractivity contribution < 1.29 is 14.7 Å². The molecule has 1 atom stereocenters. The number of hydrogen-bond acceptors (Lipinski definition) is 2. The Hall–Kier alpha value is -1.26. The third-order valence-electron chi connectivity index (χ3n) is 3.92. The Labute approximate surface area is 101 Å². The van der Waals surface area contributed by atoms with E-state index in [0.29, 0.717) is 5.92 Å². The summed E-state index contributed by atoms with van der Waals surface area (Å²) in [6.45, 7) is 3.73. The van der Waals surface area contributed by atoms with E-state index in [2.05, 4.69) is 17.6 Å². The summed E-state index contributed by atoms with van der Waals surface area (Å²) in [6, 6.07) is -0.138. The molecule has 0 radical (unpaired) electrons. The second-order valence-electron chi connectivity index (χ2n) is 5.65. The Kier molecular flexibility index (Phi) is 3.02. The predicted octanol–water partition coefficient (Wildman–Crippen LogP) is 1.34. The Balaban J connectivity index is 1.85. The average Bonchev–Trinajstić information content (AvgIpc) is 2.97. The van der Waals surface area contributed by atoms with Crippen LogP contribution in [0.25, 0.3) is 0 Å².